The van der Waals surface area contributed by atoms with Crippen LogP contribution in [0.1, 0.15) is 29.8 Å². The van der Waals surface area contributed by atoms with Gasteiger partial charge in [-0.05, 0) is 11.6 Å². The van der Waals surface area contributed by atoms with Crippen LogP contribution >= 0.6 is 0 Å². The number of hydrogen-bond donors (Lipinski definition) is 0. The van der Waals surface area contributed by atoms with E-state index in [1.54, 1.807) is 18.2 Å². The van der Waals surface area contributed by atoms with Gasteiger partial charge in [0.15, 0.2) is 0 Å². The van der Waals surface area contributed by atoms with Crippen LogP contribution in [-0.2, 0) is 0 Å². The highest BCUT2D eigenvalue weighted by atomic mass is 16.1. The Balaban J connectivity index is 0.000000531. The predicted octanol–water partition coefficient (Wildman–Crippen LogP) is 2.59. The first-order valence-corrected chi connectivity index (χ1v) is 4.87. The van der Waals surface area contributed by atoms with Crippen molar-refractivity contribution in [1.29, 1.82) is 0 Å². The summed E-state index contributed by atoms with van der Waals surface area (Å²) in [6.45, 7) is 4.00. The molecule has 0 unspecified atom stereocenters. The van der Waals surface area contributed by atoms with Crippen LogP contribution in [0.3, 0.4) is 0 Å². The van der Waals surface area contributed by atoms with Crippen LogP contribution in [0.15, 0.2) is 30.3 Å². The number of Topliss-reactive ketones (excluding diaryl/α,β-unsaturated/α-hetero) is 1. The molecule has 2 rings (SSSR count). The maximum absolute atomic E-state index is 11.5. The molecule has 1 aromatic carbocycles. The average molecular weight is 200 g/mol. The number of ketones is 1. The molecule has 0 heterocycles. The van der Waals surface area contributed by atoms with E-state index in [9.17, 15) is 4.79 Å². The van der Waals surface area contributed by atoms with Crippen LogP contribution in [0.4, 0.5) is 0 Å². The average Bonchev–Trinajstić information content (AvgIpc) is 2.33. The molecule has 0 N–H and O–H groups in total. The summed E-state index contributed by atoms with van der Waals surface area (Å²) < 4.78 is 0. The fraction of sp³-hybridized carbons (Fsp3) is 0.167. The number of rotatable bonds is 0. The van der Waals surface area contributed by atoms with Crippen molar-refractivity contribution in [2.45, 2.75) is 13.8 Å². The van der Waals surface area contributed by atoms with Crippen LogP contribution in [0.5, 0.6) is 0 Å². The number of hydrogen-bond acceptors (Lipinski definition) is 1. The number of allylic oxidation sites excluding steroid dienone is 1. The maximum atomic E-state index is 11.5. The van der Waals surface area contributed by atoms with E-state index in [0.717, 1.165) is 5.56 Å². The lowest BCUT2D eigenvalue weighted by atomic mass is 9.95. The molecule has 3 nitrogen and oxygen atoms in total. The second kappa shape index (κ2) is 5.03. The minimum Gasteiger partial charge on any atom is -0.361 e. The Labute approximate surface area is 88.7 Å². The van der Waals surface area contributed by atoms with Gasteiger partial charge in [-0.25, -0.2) is 0 Å². The number of fused-ring (bicyclic) bond motifs is 1. The summed E-state index contributed by atoms with van der Waals surface area (Å²) in [5.41, 5.74) is 10.0. The highest BCUT2D eigenvalue weighted by molar-refractivity contribution is 6.50. The van der Waals surface area contributed by atoms with E-state index in [-0.39, 0.29) is 11.5 Å². The number of nitrogens with zero attached hydrogens (tertiary/aromatic N) is 2. The first-order chi connectivity index (χ1) is 7.33. The summed E-state index contributed by atoms with van der Waals surface area (Å²) in [4.78, 5) is 14.4. The molecule has 0 aliphatic heterocycles. The van der Waals surface area contributed by atoms with Crippen molar-refractivity contribution >= 4 is 17.6 Å². The van der Waals surface area contributed by atoms with Crippen molar-refractivity contribution in [3.05, 3.63) is 47.0 Å². The topological polar surface area (TPSA) is 53.5 Å². The standard InChI is InChI=1S/C10H6N2O.C2H6/c11-12-9-6-5-7-3-1-2-4-8(7)10(9)13;1-2/h1-6H;1-2H3. The largest absolute Gasteiger partial charge is 0.362 e. The third-order valence-electron chi connectivity index (χ3n) is 1.97. The molecular weight excluding hydrogens is 188 g/mol. The van der Waals surface area contributed by atoms with Gasteiger partial charge in [-0.15, -0.1) is 0 Å². The zero-order valence-electron chi connectivity index (χ0n) is 8.77. The smallest absolute Gasteiger partial charge is 0.361 e. The van der Waals surface area contributed by atoms with Gasteiger partial charge in [-0.3, -0.25) is 4.79 Å². The molecule has 0 saturated carbocycles. The van der Waals surface area contributed by atoms with Gasteiger partial charge in [0.25, 0.3) is 5.78 Å². The Hall–Kier alpha value is -1.99. The molecule has 1 aliphatic rings. The molecule has 0 saturated heterocycles. The van der Waals surface area contributed by atoms with Gasteiger partial charge in [0.1, 0.15) is 0 Å². The predicted molar refractivity (Wildman–Crippen MR) is 59.8 cm³/mol. The van der Waals surface area contributed by atoms with Crippen molar-refractivity contribution in [3.63, 3.8) is 0 Å². The second-order valence-electron chi connectivity index (χ2n) is 2.73. The van der Waals surface area contributed by atoms with Gasteiger partial charge in [-0.2, -0.15) is 4.79 Å². The monoisotopic (exact) mass is 200 g/mol. The Morgan fingerprint density at radius 2 is 1.80 bits per heavy atom. The Bertz CT molecular complexity index is 454. The van der Waals surface area contributed by atoms with Crippen molar-refractivity contribution in [3.8, 4) is 0 Å². The normalized spacial score (nSPS) is 12.4. The van der Waals surface area contributed by atoms with Crippen molar-refractivity contribution in [1.82, 2.24) is 0 Å². The minimum atomic E-state index is -0.236. The zero-order chi connectivity index (χ0) is 11.3. The highest BCUT2D eigenvalue weighted by Crippen LogP contribution is 2.16. The van der Waals surface area contributed by atoms with Gasteiger partial charge in [0.05, 0.1) is 0 Å². The van der Waals surface area contributed by atoms with E-state index in [2.05, 4.69) is 4.79 Å². The summed E-state index contributed by atoms with van der Waals surface area (Å²) in [5, 5.41) is 0. The van der Waals surface area contributed by atoms with Crippen LogP contribution in [0, 0.1) is 0 Å². The van der Waals surface area contributed by atoms with E-state index >= 15 is 0 Å². The zero-order valence-corrected chi connectivity index (χ0v) is 8.77. The van der Waals surface area contributed by atoms with Crippen molar-refractivity contribution in [2.24, 2.45) is 0 Å². The van der Waals surface area contributed by atoms with E-state index < -0.39 is 0 Å². The molecule has 1 aliphatic carbocycles. The van der Waals surface area contributed by atoms with Gasteiger partial charge in [0, 0.05) is 11.6 Å². The first-order valence-electron chi connectivity index (χ1n) is 4.87. The quantitative estimate of drug-likeness (QED) is 0.469. The van der Waals surface area contributed by atoms with Crippen molar-refractivity contribution in [2.75, 3.05) is 0 Å². The van der Waals surface area contributed by atoms with Crippen LogP contribution < -0.4 is 0 Å². The minimum absolute atomic E-state index is 0.0821. The van der Waals surface area contributed by atoms with Crippen LogP contribution in [0.2, 0.25) is 0 Å². The van der Waals surface area contributed by atoms with Gasteiger partial charge in [-0.1, -0.05) is 38.1 Å². The Morgan fingerprint density at radius 1 is 1.13 bits per heavy atom. The molecule has 0 amide bonds. The summed E-state index contributed by atoms with van der Waals surface area (Å²) in [5.74, 6) is -0.236. The molecule has 76 valence electrons. The van der Waals surface area contributed by atoms with E-state index in [0.29, 0.717) is 5.56 Å². The molecule has 3 heteroatoms. The molecule has 0 radical (unpaired) electrons. The summed E-state index contributed by atoms with van der Waals surface area (Å²) in [6.07, 6.45) is 3.26. The second-order valence-corrected chi connectivity index (χ2v) is 2.73. The molecule has 15 heavy (non-hydrogen) atoms. The van der Waals surface area contributed by atoms with Gasteiger partial charge >= 0.3 is 5.71 Å². The lowest BCUT2D eigenvalue weighted by Gasteiger charge is -2.04. The molecule has 0 spiro atoms. The third kappa shape index (κ3) is 2.09. The SMILES string of the molecule is CC.[N-]=[N+]=C1C=Cc2ccccc2C1=O. The summed E-state index contributed by atoms with van der Waals surface area (Å²) >= 11 is 0. The maximum Gasteiger partial charge on any atom is 0.362 e. The number of benzene rings is 1. The van der Waals surface area contributed by atoms with Crippen LogP contribution in [-0.4, -0.2) is 16.3 Å². The molecule has 0 atom stereocenters. The Kier molecular flexibility index (Phi) is 3.72. The van der Waals surface area contributed by atoms with Crippen molar-refractivity contribution < 1.29 is 9.58 Å². The fourth-order valence-corrected chi connectivity index (χ4v) is 1.31. The van der Waals surface area contributed by atoms with E-state index in [1.165, 1.54) is 6.08 Å². The van der Waals surface area contributed by atoms with Crippen LogP contribution in [0.25, 0.3) is 11.6 Å². The number of carbonyl (C=O) groups excluding carboxylic acids is 1. The summed E-state index contributed by atoms with van der Waals surface area (Å²) in [7, 11) is 0. The molecule has 0 bridgehead atoms. The van der Waals surface area contributed by atoms with Gasteiger partial charge in [0.2, 0.25) is 0 Å². The highest BCUT2D eigenvalue weighted by Gasteiger charge is 2.24. The van der Waals surface area contributed by atoms with E-state index in [4.69, 9.17) is 5.53 Å². The first kappa shape index (κ1) is 11.1. The molecular formula is C12H12N2O. The molecule has 0 fully saturated rings. The third-order valence-corrected chi connectivity index (χ3v) is 1.97. The Morgan fingerprint density at radius 3 is 2.47 bits per heavy atom. The molecule has 1 aromatic rings. The van der Waals surface area contributed by atoms with E-state index in [1.807, 2.05) is 26.0 Å². The fourth-order valence-electron chi connectivity index (χ4n) is 1.31. The van der Waals surface area contributed by atoms with Gasteiger partial charge < -0.3 is 5.53 Å². The lowest BCUT2D eigenvalue weighted by Crippen LogP contribution is -2.17. The molecule has 0 aromatic heterocycles. The summed E-state index contributed by atoms with van der Waals surface area (Å²) in [6, 6.07) is 7.20. The lowest BCUT2D eigenvalue weighted by molar-refractivity contribution is -0.00435. The number of carbonyl (C=O) groups is 1.